The highest BCUT2D eigenvalue weighted by molar-refractivity contribution is 5.49. The molecule has 2 bridgehead atoms. The van der Waals surface area contributed by atoms with Crippen molar-refractivity contribution in [3.05, 3.63) is 28.8 Å². The molecule has 1 aromatic rings. The van der Waals surface area contributed by atoms with E-state index < -0.39 is 5.60 Å². The van der Waals surface area contributed by atoms with Crippen LogP contribution in [0.15, 0.2) is 12.1 Å². The maximum atomic E-state index is 10.9. The maximum absolute atomic E-state index is 10.9. The van der Waals surface area contributed by atoms with Crippen LogP contribution in [0.2, 0.25) is 0 Å². The summed E-state index contributed by atoms with van der Waals surface area (Å²) >= 11 is 0. The number of hydrogen-bond donors (Lipinski definition) is 1. The number of fused-ring (bicyclic) bond motifs is 3. The third-order valence-corrected chi connectivity index (χ3v) is 5.29. The minimum atomic E-state index is -0.856. The molecule has 1 atom stereocenters. The van der Waals surface area contributed by atoms with Crippen LogP contribution < -0.4 is 4.74 Å². The summed E-state index contributed by atoms with van der Waals surface area (Å²) in [5.41, 5.74) is 2.23. The lowest BCUT2D eigenvalue weighted by Gasteiger charge is -2.47. The summed E-state index contributed by atoms with van der Waals surface area (Å²) in [4.78, 5) is 2.32. The largest absolute Gasteiger partial charge is 0.491 e. The Labute approximate surface area is 151 Å². The summed E-state index contributed by atoms with van der Waals surface area (Å²) in [6, 6.07) is 4.08. The van der Waals surface area contributed by atoms with E-state index in [0.717, 1.165) is 48.4 Å². The van der Waals surface area contributed by atoms with Gasteiger partial charge in [-0.05, 0) is 70.0 Å². The molecule has 3 fully saturated rings. The molecule has 0 saturated carbocycles. The molecule has 0 spiro atoms. The molecule has 3 saturated heterocycles. The van der Waals surface area contributed by atoms with Crippen LogP contribution in [0, 0.1) is 31.6 Å². The Bertz CT molecular complexity index is 644. The van der Waals surface area contributed by atoms with Crippen molar-refractivity contribution in [2.75, 3.05) is 39.5 Å². The Balaban J connectivity index is 1.72. The molecule has 1 aromatic carbocycles. The second-order valence-electron chi connectivity index (χ2n) is 7.21. The molecule has 25 heavy (non-hydrogen) atoms. The number of rotatable bonds is 5. The van der Waals surface area contributed by atoms with Crippen LogP contribution in [-0.2, 0) is 4.74 Å². The fraction of sp³-hybridized carbons (Fsp3) is 0.619. The maximum Gasteiger partial charge on any atom is 0.141 e. The first kappa shape index (κ1) is 18.3. The first-order chi connectivity index (χ1) is 12.0. The van der Waals surface area contributed by atoms with Crippen LogP contribution in [-0.4, -0.2) is 55.1 Å². The minimum Gasteiger partial charge on any atom is -0.491 e. The number of hydrogen-bond acceptors (Lipinski definition) is 4. The van der Waals surface area contributed by atoms with E-state index >= 15 is 0 Å². The van der Waals surface area contributed by atoms with Crippen LogP contribution >= 0.6 is 0 Å². The van der Waals surface area contributed by atoms with Crippen molar-refractivity contribution >= 4 is 0 Å². The van der Waals surface area contributed by atoms with Gasteiger partial charge in [-0.2, -0.15) is 0 Å². The number of nitrogens with zero attached hydrogens (tertiary/aromatic N) is 1. The molecule has 4 nitrogen and oxygen atoms in total. The first-order valence-electron chi connectivity index (χ1n) is 9.31. The van der Waals surface area contributed by atoms with Gasteiger partial charge in [0.1, 0.15) is 18.0 Å². The monoisotopic (exact) mass is 343 g/mol. The van der Waals surface area contributed by atoms with Crippen molar-refractivity contribution < 1.29 is 14.6 Å². The van der Waals surface area contributed by atoms with Crippen molar-refractivity contribution in [2.45, 2.75) is 39.2 Å². The average Bonchev–Trinajstić information content (AvgIpc) is 2.60. The van der Waals surface area contributed by atoms with Crippen LogP contribution in [0.5, 0.6) is 5.75 Å². The summed E-state index contributed by atoms with van der Waals surface area (Å²) in [6.07, 6.45) is 2.10. The number of aliphatic hydroxyl groups is 1. The van der Waals surface area contributed by atoms with Crippen LogP contribution in [0.1, 0.15) is 36.5 Å². The Morgan fingerprint density at radius 2 is 1.88 bits per heavy atom. The topological polar surface area (TPSA) is 41.9 Å². The molecular weight excluding hydrogens is 314 g/mol. The van der Waals surface area contributed by atoms with Crippen molar-refractivity contribution in [1.29, 1.82) is 0 Å². The number of aryl methyl sites for hydroxylation is 2. The lowest BCUT2D eigenvalue weighted by Crippen LogP contribution is -2.58. The smallest absolute Gasteiger partial charge is 0.141 e. The van der Waals surface area contributed by atoms with Crippen molar-refractivity contribution in [3.8, 4) is 17.6 Å². The quantitative estimate of drug-likeness (QED) is 0.659. The van der Waals surface area contributed by atoms with E-state index in [0.29, 0.717) is 32.3 Å². The summed E-state index contributed by atoms with van der Waals surface area (Å²) in [6.45, 7) is 10.8. The second-order valence-corrected chi connectivity index (χ2v) is 7.21. The molecule has 3 aliphatic rings. The summed E-state index contributed by atoms with van der Waals surface area (Å²) < 4.78 is 11.2. The van der Waals surface area contributed by atoms with Crippen LogP contribution in [0.3, 0.4) is 0 Å². The summed E-state index contributed by atoms with van der Waals surface area (Å²) in [7, 11) is 0. The molecule has 1 unspecified atom stereocenters. The standard InChI is InChI=1S/C21H29NO3/c1-4-24-11-12-25-20-16(2)13-18(14-17(20)3)5-8-21(23)15-22-9-6-19(21)7-10-22/h13-14,19,23H,4,6-7,9-12,15H2,1-3H3. The average molecular weight is 343 g/mol. The third kappa shape index (κ3) is 4.17. The van der Waals surface area contributed by atoms with Gasteiger partial charge in [0.2, 0.25) is 0 Å². The summed E-state index contributed by atoms with van der Waals surface area (Å²) in [5.74, 6) is 7.62. The highest BCUT2D eigenvalue weighted by atomic mass is 16.5. The normalized spacial score (nSPS) is 27.7. The summed E-state index contributed by atoms with van der Waals surface area (Å²) in [5, 5.41) is 10.9. The number of ether oxygens (including phenoxy) is 2. The van der Waals surface area contributed by atoms with E-state index in [1.54, 1.807) is 0 Å². The molecule has 0 aromatic heterocycles. The Morgan fingerprint density at radius 1 is 1.20 bits per heavy atom. The predicted octanol–water partition coefficient (Wildman–Crippen LogP) is 2.53. The van der Waals surface area contributed by atoms with Crippen molar-refractivity contribution in [2.24, 2.45) is 5.92 Å². The zero-order chi connectivity index (χ0) is 17.9. The van der Waals surface area contributed by atoms with Gasteiger partial charge < -0.3 is 14.6 Å². The molecule has 1 N–H and O–H groups in total. The van der Waals surface area contributed by atoms with Gasteiger partial charge in [-0.3, -0.25) is 4.90 Å². The molecule has 0 radical (unpaired) electrons. The zero-order valence-corrected chi connectivity index (χ0v) is 15.6. The van der Waals surface area contributed by atoms with Gasteiger partial charge >= 0.3 is 0 Å². The van der Waals surface area contributed by atoms with E-state index in [9.17, 15) is 5.11 Å². The first-order valence-corrected chi connectivity index (χ1v) is 9.31. The third-order valence-electron chi connectivity index (χ3n) is 5.29. The Hall–Kier alpha value is -1.54. The molecule has 3 aliphatic heterocycles. The van der Waals surface area contributed by atoms with E-state index in [4.69, 9.17) is 9.47 Å². The van der Waals surface area contributed by atoms with Crippen molar-refractivity contribution in [1.82, 2.24) is 4.90 Å². The highest BCUT2D eigenvalue weighted by Gasteiger charge is 2.44. The molecule has 0 aliphatic carbocycles. The number of benzene rings is 1. The Kier molecular flexibility index (Phi) is 5.68. The SMILES string of the molecule is CCOCCOc1c(C)cc(C#CC2(O)CN3CCC2CC3)cc1C. The lowest BCUT2D eigenvalue weighted by molar-refractivity contribution is -0.0713. The van der Waals surface area contributed by atoms with E-state index in [1.165, 1.54) is 0 Å². The molecular formula is C21H29NO3. The van der Waals surface area contributed by atoms with Gasteiger partial charge in [0, 0.05) is 24.6 Å². The molecule has 0 amide bonds. The van der Waals surface area contributed by atoms with Gasteiger partial charge in [0.25, 0.3) is 0 Å². The van der Waals surface area contributed by atoms with Gasteiger partial charge in [-0.25, -0.2) is 0 Å². The zero-order valence-electron chi connectivity index (χ0n) is 15.6. The fourth-order valence-electron chi connectivity index (χ4n) is 3.96. The van der Waals surface area contributed by atoms with E-state index in [1.807, 2.05) is 32.9 Å². The van der Waals surface area contributed by atoms with Crippen LogP contribution in [0.4, 0.5) is 0 Å². The highest BCUT2D eigenvalue weighted by Crippen LogP contribution is 2.35. The molecule has 136 valence electrons. The lowest BCUT2D eigenvalue weighted by atomic mass is 9.76. The van der Waals surface area contributed by atoms with Crippen LogP contribution in [0.25, 0.3) is 0 Å². The Morgan fingerprint density at radius 3 is 2.44 bits per heavy atom. The molecule has 4 heteroatoms. The minimum absolute atomic E-state index is 0.313. The van der Waals surface area contributed by atoms with Gasteiger partial charge in [-0.15, -0.1) is 0 Å². The van der Waals surface area contributed by atoms with Gasteiger partial charge in [0.15, 0.2) is 0 Å². The van der Waals surface area contributed by atoms with Gasteiger partial charge in [-0.1, -0.05) is 11.8 Å². The predicted molar refractivity (Wildman–Crippen MR) is 98.9 cm³/mol. The van der Waals surface area contributed by atoms with Gasteiger partial charge in [0.05, 0.1) is 6.61 Å². The van der Waals surface area contributed by atoms with Crippen molar-refractivity contribution in [3.63, 3.8) is 0 Å². The van der Waals surface area contributed by atoms with E-state index in [-0.39, 0.29) is 0 Å². The molecule has 4 rings (SSSR count). The fourth-order valence-corrected chi connectivity index (χ4v) is 3.96. The number of piperidine rings is 3. The second kappa shape index (κ2) is 7.78. The molecule has 3 heterocycles. The van der Waals surface area contributed by atoms with E-state index in [2.05, 4.69) is 16.7 Å².